The van der Waals surface area contributed by atoms with Crippen LogP contribution < -0.4 is 0 Å². The Morgan fingerprint density at radius 2 is 2.00 bits per heavy atom. The van der Waals surface area contributed by atoms with E-state index in [1.165, 1.54) is 12.1 Å². The van der Waals surface area contributed by atoms with Gasteiger partial charge in [0.15, 0.2) is 0 Å². The van der Waals surface area contributed by atoms with Gasteiger partial charge < -0.3 is 0 Å². The Balaban J connectivity index is 2.68. The molecule has 0 heterocycles. The zero-order chi connectivity index (χ0) is 12.2. The van der Waals surface area contributed by atoms with Crippen molar-refractivity contribution in [3.8, 4) is 0 Å². The van der Waals surface area contributed by atoms with Crippen molar-refractivity contribution in [2.45, 2.75) is 37.2 Å². The molecule has 0 fully saturated rings. The number of rotatable bonds is 4. The van der Waals surface area contributed by atoms with Gasteiger partial charge in [0.2, 0.25) is 0 Å². The Bertz CT molecular complexity index is 333. The van der Waals surface area contributed by atoms with E-state index < -0.39 is 11.7 Å². The van der Waals surface area contributed by atoms with Gasteiger partial charge in [0.25, 0.3) is 0 Å². The molecule has 0 aliphatic rings. The van der Waals surface area contributed by atoms with Crippen LogP contribution in [-0.4, -0.2) is 4.83 Å². The van der Waals surface area contributed by atoms with E-state index in [4.69, 9.17) is 0 Å². The van der Waals surface area contributed by atoms with Gasteiger partial charge in [-0.2, -0.15) is 13.2 Å². The topological polar surface area (TPSA) is 0 Å². The molecule has 16 heavy (non-hydrogen) atoms. The molecular formula is C12H14BrF3. The lowest BCUT2D eigenvalue weighted by Crippen LogP contribution is -2.06. The SMILES string of the molecule is CCC(Br)CCc1cccc(C(F)(F)F)c1. The minimum atomic E-state index is -4.24. The summed E-state index contributed by atoms with van der Waals surface area (Å²) in [5, 5.41) is 0. The average molecular weight is 295 g/mol. The normalized spacial score (nSPS) is 13.8. The van der Waals surface area contributed by atoms with Crippen LogP contribution in [0.1, 0.15) is 30.9 Å². The number of halogens is 4. The lowest BCUT2D eigenvalue weighted by molar-refractivity contribution is -0.137. The molecule has 0 aromatic heterocycles. The first-order chi connectivity index (χ1) is 7.43. The number of aryl methyl sites for hydroxylation is 1. The van der Waals surface area contributed by atoms with Crippen molar-refractivity contribution in [3.05, 3.63) is 35.4 Å². The van der Waals surface area contributed by atoms with Crippen LogP contribution in [0.3, 0.4) is 0 Å². The molecule has 4 heteroatoms. The molecule has 0 aliphatic carbocycles. The van der Waals surface area contributed by atoms with Crippen molar-refractivity contribution < 1.29 is 13.2 Å². The molecule has 0 spiro atoms. The van der Waals surface area contributed by atoms with Crippen LogP contribution in [0.15, 0.2) is 24.3 Å². The van der Waals surface area contributed by atoms with Crippen molar-refractivity contribution in [3.63, 3.8) is 0 Å². The smallest absolute Gasteiger partial charge is 0.166 e. The molecule has 1 atom stereocenters. The highest BCUT2D eigenvalue weighted by molar-refractivity contribution is 9.09. The van der Waals surface area contributed by atoms with E-state index in [0.717, 1.165) is 24.5 Å². The Kier molecular flexibility index (Phi) is 4.84. The molecule has 0 saturated carbocycles. The fraction of sp³-hybridized carbons (Fsp3) is 0.500. The molecule has 0 N–H and O–H groups in total. The van der Waals surface area contributed by atoms with Gasteiger partial charge in [0, 0.05) is 4.83 Å². The third-order valence-electron chi connectivity index (χ3n) is 2.44. The van der Waals surface area contributed by atoms with Crippen molar-refractivity contribution >= 4 is 15.9 Å². The molecule has 0 saturated heterocycles. The second-order valence-electron chi connectivity index (χ2n) is 3.74. The Morgan fingerprint density at radius 3 is 2.56 bits per heavy atom. The third kappa shape index (κ3) is 4.16. The highest BCUT2D eigenvalue weighted by Crippen LogP contribution is 2.29. The van der Waals surface area contributed by atoms with Gasteiger partial charge in [-0.25, -0.2) is 0 Å². The molecule has 90 valence electrons. The summed E-state index contributed by atoms with van der Waals surface area (Å²) in [4.78, 5) is 0.377. The molecule has 1 unspecified atom stereocenters. The molecule has 1 aromatic carbocycles. The summed E-state index contributed by atoms with van der Waals surface area (Å²) >= 11 is 3.47. The summed E-state index contributed by atoms with van der Waals surface area (Å²) in [5.74, 6) is 0. The molecule has 1 aromatic rings. The standard InChI is InChI=1S/C12H14BrF3/c1-2-11(13)7-6-9-4-3-5-10(8-9)12(14,15)16/h3-5,8,11H,2,6-7H2,1H3. The second kappa shape index (κ2) is 5.71. The highest BCUT2D eigenvalue weighted by atomic mass is 79.9. The number of hydrogen-bond acceptors (Lipinski definition) is 0. The summed E-state index contributed by atoms with van der Waals surface area (Å²) in [7, 11) is 0. The monoisotopic (exact) mass is 294 g/mol. The number of alkyl halides is 4. The Labute approximate surface area is 102 Å². The summed E-state index contributed by atoms with van der Waals surface area (Å²) in [6.45, 7) is 2.05. The maximum absolute atomic E-state index is 12.4. The van der Waals surface area contributed by atoms with Gasteiger partial charge in [-0.1, -0.05) is 41.1 Å². The maximum atomic E-state index is 12.4. The van der Waals surface area contributed by atoms with Crippen LogP contribution in [0, 0.1) is 0 Å². The summed E-state index contributed by atoms with van der Waals surface area (Å²) < 4.78 is 37.3. The van der Waals surface area contributed by atoms with Crippen LogP contribution in [0.25, 0.3) is 0 Å². The predicted molar refractivity (Wildman–Crippen MR) is 62.8 cm³/mol. The number of hydrogen-bond donors (Lipinski definition) is 0. The van der Waals surface area contributed by atoms with Gasteiger partial charge in [0.1, 0.15) is 0 Å². The second-order valence-corrected chi connectivity index (χ2v) is 5.04. The molecule has 0 nitrogen and oxygen atoms in total. The van der Waals surface area contributed by atoms with Crippen LogP contribution in [0.2, 0.25) is 0 Å². The maximum Gasteiger partial charge on any atom is 0.416 e. The Hall–Kier alpha value is -0.510. The molecular weight excluding hydrogens is 281 g/mol. The lowest BCUT2D eigenvalue weighted by atomic mass is 10.0. The Morgan fingerprint density at radius 1 is 1.31 bits per heavy atom. The minimum absolute atomic E-state index is 0.377. The largest absolute Gasteiger partial charge is 0.416 e. The minimum Gasteiger partial charge on any atom is -0.166 e. The first-order valence-corrected chi connectivity index (χ1v) is 6.15. The zero-order valence-corrected chi connectivity index (χ0v) is 10.6. The third-order valence-corrected chi connectivity index (χ3v) is 3.55. The summed E-state index contributed by atoms with van der Waals surface area (Å²) in [5.41, 5.74) is 0.181. The first kappa shape index (κ1) is 13.6. The van der Waals surface area contributed by atoms with Gasteiger partial charge in [0.05, 0.1) is 5.56 Å². The summed E-state index contributed by atoms with van der Waals surface area (Å²) in [6, 6.07) is 5.54. The molecule has 0 aliphatic heterocycles. The van der Waals surface area contributed by atoms with E-state index in [2.05, 4.69) is 15.9 Å². The van der Waals surface area contributed by atoms with Crippen molar-refractivity contribution in [1.82, 2.24) is 0 Å². The molecule has 1 rings (SSSR count). The van der Waals surface area contributed by atoms with Crippen LogP contribution in [-0.2, 0) is 12.6 Å². The van der Waals surface area contributed by atoms with Gasteiger partial charge in [-0.3, -0.25) is 0 Å². The molecule has 0 radical (unpaired) electrons. The van der Waals surface area contributed by atoms with E-state index in [1.807, 2.05) is 6.92 Å². The van der Waals surface area contributed by atoms with E-state index in [1.54, 1.807) is 6.07 Å². The van der Waals surface area contributed by atoms with Crippen LogP contribution in [0.4, 0.5) is 13.2 Å². The average Bonchev–Trinajstić information content (AvgIpc) is 2.25. The van der Waals surface area contributed by atoms with E-state index in [0.29, 0.717) is 11.2 Å². The highest BCUT2D eigenvalue weighted by Gasteiger charge is 2.30. The van der Waals surface area contributed by atoms with Gasteiger partial charge in [-0.05, 0) is 30.9 Å². The number of benzene rings is 1. The predicted octanol–water partition coefficient (Wildman–Crippen LogP) is 4.81. The van der Waals surface area contributed by atoms with Crippen molar-refractivity contribution in [2.24, 2.45) is 0 Å². The molecule has 0 amide bonds. The quantitative estimate of drug-likeness (QED) is 0.699. The van der Waals surface area contributed by atoms with E-state index >= 15 is 0 Å². The first-order valence-electron chi connectivity index (χ1n) is 5.23. The van der Waals surface area contributed by atoms with E-state index in [9.17, 15) is 13.2 Å². The lowest BCUT2D eigenvalue weighted by Gasteiger charge is -2.10. The van der Waals surface area contributed by atoms with Gasteiger partial charge >= 0.3 is 6.18 Å². The molecule has 0 bridgehead atoms. The fourth-order valence-electron chi connectivity index (χ4n) is 1.43. The fourth-order valence-corrected chi connectivity index (χ4v) is 1.66. The zero-order valence-electron chi connectivity index (χ0n) is 9.02. The summed E-state index contributed by atoms with van der Waals surface area (Å²) in [6.07, 6.45) is -1.72. The van der Waals surface area contributed by atoms with Crippen molar-refractivity contribution in [2.75, 3.05) is 0 Å². The van der Waals surface area contributed by atoms with Gasteiger partial charge in [-0.15, -0.1) is 0 Å². The van der Waals surface area contributed by atoms with Crippen molar-refractivity contribution in [1.29, 1.82) is 0 Å². The van der Waals surface area contributed by atoms with Crippen LogP contribution >= 0.6 is 15.9 Å². The van der Waals surface area contributed by atoms with E-state index in [-0.39, 0.29) is 0 Å². The van der Waals surface area contributed by atoms with Crippen LogP contribution in [0.5, 0.6) is 0 Å².